The van der Waals surface area contributed by atoms with E-state index in [9.17, 15) is 5.11 Å². The Labute approximate surface area is 129 Å². The highest BCUT2D eigenvalue weighted by Gasteiger charge is 2.29. The molecule has 4 unspecified atom stereocenters. The minimum Gasteiger partial charge on any atom is -0.389 e. The molecule has 0 aromatic carbocycles. The van der Waals surface area contributed by atoms with Crippen LogP contribution in [0.15, 0.2) is 0 Å². The Kier molecular flexibility index (Phi) is 6.48. The molecule has 2 rings (SSSR count). The van der Waals surface area contributed by atoms with E-state index in [2.05, 4.69) is 26.1 Å². The number of rotatable bonds is 6. The average Bonchev–Trinajstić information content (AvgIpc) is 2.43. The third-order valence-corrected chi connectivity index (χ3v) is 4.87. The zero-order valence-electron chi connectivity index (χ0n) is 13.9. The number of nitrogens with one attached hydrogen (secondary N) is 1. The van der Waals surface area contributed by atoms with Gasteiger partial charge < -0.3 is 19.9 Å². The van der Waals surface area contributed by atoms with Crippen LogP contribution in [0.3, 0.4) is 0 Å². The van der Waals surface area contributed by atoms with Gasteiger partial charge in [0, 0.05) is 19.2 Å². The molecule has 1 aliphatic heterocycles. The van der Waals surface area contributed by atoms with Crippen molar-refractivity contribution in [3.05, 3.63) is 0 Å². The summed E-state index contributed by atoms with van der Waals surface area (Å²) in [6.07, 6.45) is 6.95. The number of ether oxygens (including phenoxy) is 2. The van der Waals surface area contributed by atoms with Crippen molar-refractivity contribution in [2.45, 2.75) is 83.1 Å². The molecule has 0 amide bonds. The first kappa shape index (κ1) is 17.2. The molecule has 4 heteroatoms. The van der Waals surface area contributed by atoms with Crippen LogP contribution in [-0.2, 0) is 9.47 Å². The van der Waals surface area contributed by atoms with Gasteiger partial charge in [0.1, 0.15) is 0 Å². The minimum atomic E-state index is -0.412. The molecule has 4 nitrogen and oxygen atoms in total. The second-order valence-electron chi connectivity index (χ2n) is 7.49. The Bertz CT molecular complexity index is 308. The standard InChI is InChI=1S/C17H33NO3/c1-13-6-4-5-7-16(13)20-12-15(19)11-18-14-8-9-21-17(2,3)10-14/h13-16,18-19H,4-12H2,1-3H3. The lowest BCUT2D eigenvalue weighted by atomic mass is 9.88. The van der Waals surface area contributed by atoms with Crippen LogP contribution in [-0.4, -0.2) is 48.7 Å². The number of aliphatic hydroxyl groups is 1. The van der Waals surface area contributed by atoms with Crippen LogP contribution in [0.25, 0.3) is 0 Å². The molecule has 2 N–H and O–H groups in total. The third kappa shape index (κ3) is 5.85. The van der Waals surface area contributed by atoms with Crippen LogP contribution in [0.1, 0.15) is 59.3 Å². The average molecular weight is 299 g/mol. The van der Waals surface area contributed by atoms with Crippen molar-refractivity contribution in [3.8, 4) is 0 Å². The van der Waals surface area contributed by atoms with Crippen molar-refractivity contribution in [1.82, 2.24) is 5.32 Å². The van der Waals surface area contributed by atoms with Crippen LogP contribution in [0.4, 0.5) is 0 Å². The lowest BCUT2D eigenvalue weighted by molar-refractivity contribution is -0.0678. The summed E-state index contributed by atoms with van der Waals surface area (Å²) in [5.74, 6) is 0.634. The van der Waals surface area contributed by atoms with E-state index in [0.717, 1.165) is 25.9 Å². The zero-order valence-corrected chi connectivity index (χ0v) is 13.9. The van der Waals surface area contributed by atoms with Crippen LogP contribution in [0.5, 0.6) is 0 Å². The van der Waals surface area contributed by atoms with Crippen LogP contribution in [0, 0.1) is 5.92 Å². The maximum Gasteiger partial charge on any atom is 0.0897 e. The van der Waals surface area contributed by atoms with Gasteiger partial charge in [0.15, 0.2) is 0 Å². The SMILES string of the molecule is CC1CCCCC1OCC(O)CNC1CCOC(C)(C)C1. The van der Waals surface area contributed by atoms with Crippen molar-refractivity contribution >= 4 is 0 Å². The van der Waals surface area contributed by atoms with Crippen molar-refractivity contribution in [3.63, 3.8) is 0 Å². The molecule has 1 aliphatic carbocycles. The quantitative estimate of drug-likeness (QED) is 0.791. The second kappa shape index (κ2) is 7.91. The van der Waals surface area contributed by atoms with Crippen LogP contribution < -0.4 is 5.32 Å². The predicted octanol–water partition coefficient (Wildman–Crippen LogP) is 2.49. The topological polar surface area (TPSA) is 50.7 Å². The van der Waals surface area contributed by atoms with Crippen molar-refractivity contribution in [2.24, 2.45) is 5.92 Å². The first-order chi connectivity index (χ1) is 9.96. The van der Waals surface area contributed by atoms with E-state index in [1.807, 2.05) is 0 Å². The molecule has 21 heavy (non-hydrogen) atoms. The predicted molar refractivity (Wildman–Crippen MR) is 84.4 cm³/mol. The molecule has 2 aliphatic rings. The van der Waals surface area contributed by atoms with E-state index in [-0.39, 0.29) is 5.60 Å². The highest BCUT2D eigenvalue weighted by atomic mass is 16.5. The van der Waals surface area contributed by atoms with E-state index in [1.165, 1.54) is 19.3 Å². The first-order valence-electron chi connectivity index (χ1n) is 8.63. The molecular weight excluding hydrogens is 266 g/mol. The molecule has 4 atom stereocenters. The van der Waals surface area contributed by atoms with E-state index < -0.39 is 6.10 Å². The lowest BCUT2D eigenvalue weighted by Crippen LogP contribution is -2.46. The fourth-order valence-electron chi connectivity index (χ4n) is 3.53. The second-order valence-corrected chi connectivity index (χ2v) is 7.49. The molecule has 0 spiro atoms. The van der Waals surface area contributed by atoms with E-state index >= 15 is 0 Å². The lowest BCUT2D eigenvalue weighted by Gasteiger charge is -2.36. The number of hydrogen-bond acceptors (Lipinski definition) is 4. The summed E-state index contributed by atoms with van der Waals surface area (Å²) in [5, 5.41) is 13.6. The Morgan fingerprint density at radius 3 is 2.76 bits per heavy atom. The largest absolute Gasteiger partial charge is 0.389 e. The molecule has 1 saturated heterocycles. The van der Waals surface area contributed by atoms with Gasteiger partial charge in [0.25, 0.3) is 0 Å². The summed E-state index contributed by atoms with van der Waals surface area (Å²) >= 11 is 0. The fraction of sp³-hybridized carbons (Fsp3) is 1.00. The van der Waals surface area contributed by atoms with Crippen molar-refractivity contribution in [2.75, 3.05) is 19.8 Å². The van der Waals surface area contributed by atoms with Crippen LogP contribution in [0.2, 0.25) is 0 Å². The normalized spacial score (nSPS) is 34.6. The Hall–Kier alpha value is -0.160. The van der Waals surface area contributed by atoms with Gasteiger partial charge in [-0.15, -0.1) is 0 Å². The van der Waals surface area contributed by atoms with Gasteiger partial charge in [-0.25, -0.2) is 0 Å². The van der Waals surface area contributed by atoms with Gasteiger partial charge in [0.2, 0.25) is 0 Å². The van der Waals surface area contributed by atoms with E-state index in [0.29, 0.717) is 31.2 Å². The summed E-state index contributed by atoms with van der Waals surface area (Å²) in [7, 11) is 0. The maximum atomic E-state index is 10.1. The maximum absolute atomic E-state index is 10.1. The number of aliphatic hydroxyl groups excluding tert-OH is 1. The molecule has 0 aromatic rings. The highest BCUT2D eigenvalue weighted by molar-refractivity contribution is 4.83. The van der Waals surface area contributed by atoms with Gasteiger partial charge in [-0.2, -0.15) is 0 Å². The van der Waals surface area contributed by atoms with Crippen molar-refractivity contribution < 1.29 is 14.6 Å². The molecule has 0 aromatic heterocycles. The Balaban J connectivity index is 1.62. The van der Waals surface area contributed by atoms with Crippen LogP contribution >= 0.6 is 0 Å². The smallest absolute Gasteiger partial charge is 0.0897 e. The summed E-state index contributed by atoms with van der Waals surface area (Å²) < 4.78 is 11.6. The summed E-state index contributed by atoms with van der Waals surface area (Å²) in [6, 6.07) is 0.442. The van der Waals surface area contributed by atoms with Gasteiger partial charge in [-0.1, -0.05) is 19.8 Å². The van der Waals surface area contributed by atoms with E-state index in [1.54, 1.807) is 0 Å². The van der Waals surface area contributed by atoms with Crippen molar-refractivity contribution in [1.29, 1.82) is 0 Å². The molecule has 124 valence electrons. The Morgan fingerprint density at radius 2 is 2.05 bits per heavy atom. The third-order valence-electron chi connectivity index (χ3n) is 4.87. The van der Waals surface area contributed by atoms with E-state index in [4.69, 9.17) is 9.47 Å². The Morgan fingerprint density at radius 1 is 1.29 bits per heavy atom. The van der Waals surface area contributed by atoms with Gasteiger partial charge in [-0.05, 0) is 45.4 Å². The minimum absolute atomic E-state index is 0.0467. The summed E-state index contributed by atoms with van der Waals surface area (Å²) in [5.41, 5.74) is -0.0467. The summed E-state index contributed by atoms with van der Waals surface area (Å²) in [6.45, 7) is 8.39. The molecule has 0 radical (unpaired) electrons. The van der Waals surface area contributed by atoms with Gasteiger partial charge in [0.05, 0.1) is 24.4 Å². The number of hydrogen-bond donors (Lipinski definition) is 2. The molecule has 0 bridgehead atoms. The van der Waals surface area contributed by atoms with Gasteiger partial charge >= 0.3 is 0 Å². The highest BCUT2D eigenvalue weighted by Crippen LogP contribution is 2.26. The first-order valence-corrected chi connectivity index (χ1v) is 8.63. The van der Waals surface area contributed by atoms with Gasteiger partial charge in [-0.3, -0.25) is 0 Å². The summed E-state index contributed by atoms with van der Waals surface area (Å²) in [4.78, 5) is 0. The molecule has 1 saturated carbocycles. The monoisotopic (exact) mass is 299 g/mol. The molecule has 1 heterocycles. The fourth-order valence-corrected chi connectivity index (χ4v) is 3.53. The molecular formula is C17H33NO3. The molecule has 2 fully saturated rings. The zero-order chi connectivity index (χ0) is 15.3.